The molecule has 0 saturated heterocycles. The van der Waals surface area contributed by atoms with Gasteiger partial charge in [0.25, 0.3) is 5.91 Å². The molecule has 0 bridgehead atoms. The molecule has 4 rings (SSSR count). The van der Waals surface area contributed by atoms with Gasteiger partial charge in [0.2, 0.25) is 5.91 Å². The zero-order valence-corrected chi connectivity index (χ0v) is 20.0. The van der Waals surface area contributed by atoms with Crippen LogP contribution in [0.5, 0.6) is 5.75 Å². The topological polar surface area (TPSA) is 84.9 Å². The van der Waals surface area contributed by atoms with E-state index in [-0.39, 0.29) is 19.1 Å². The van der Waals surface area contributed by atoms with Gasteiger partial charge in [-0.3, -0.25) is 14.5 Å². The number of anilines is 2. The summed E-state index contributed by atoms with van der Waals surface area (Å²) in [6.07, 6.45) is 0. The van der Waals surface area contributed by atoms with Gasteiger partial charge in [0.15, 0.2) is 0 Å². The monoisotopic (exact) mass is 496 g/mol. The second-order valence-corrected chi connectivity index (χ2v) is 8.81. The molecule has 1 N–H and O–H groups in total. The van der Waals surface area contributed by atoms with Crippen LogP contribution in [0, 0.1) is 0 Å². The van der Waals surface area contributed by atoms with E-state index in [9.17, 15) is 14.4 Å². The number of benzene rings is 3. The van der Waals surface area contributed by atoms with E-state index in [2.05, 4.69) is 5.32 Å². The first-order valence-electron chi connectivity index (χ1n) is 10.4. The standard InChI is InChI=1S/C25H21ClN2O5S/c1-3-33-25(31)15-8-11-22-19(12-15)28(24(30)17-6-4-5-7-21(17)34-22)14-23(29)27-18-13-16(26)9-10-20(18)32-2/h4-13H,3,14H2,1-2H3,(H,27,29). The van der Waals surface area contributed by atoms with Crippen molar-refractivity contribution in [2.45, 2.75) is 16.7 Å². The smallest absolute Gasteiger partial charge is 0.338 e. The quantitative estimate of drug-likeness (QED) is 0.468. The lowest BCUT2D eigenvalue weighted by Crippen LogP contribution is -2.38. The van der Waals surface area contributed by atoms with Crippen molar-refractivity contribution in [3.8, 4) is 5.75 Å². The molecule has 2 amide bonds. The van der Waals surface area contributed by atoms with Crippen LogP contribution in [0.15, 0.2) is 70.5 Å². The summed E-state index contributed by atoms with van der Waals surface area (Å²) in [5.74, 6) is -0.870. The lowest BCUT2D eigenvalue weighted by atomic mass is 10.1. The maximum Gasteiger partial charge on any atom is 0.338 e. The van der Waals surface area contributed by atoms with Gasteiger partial charge in [0.1, 0.15) is 12.3 Å². The van der Waals surface area contributed by atoms with Crippen LogP contribution in [0.2, 0.25) is 5.02 Å². The molecule has 0 fully saturated rings. The fraction of sp³-hybridized carbons (Fsp3) is 0.160. The first kappa shape index (κ1) is 23.7. The largest absolute Gasteiger partial charge is 0.495 e. The van der Waals surface area contributed by atoms with E-state index in [1.807, 2.05) is 12.1 Å². The van der Waals surface area contributed by atoms with E-state index in [1.54, 1.807) is 55.5 Å². The summed E-state index contributed by atoms with van der Waals surface area (Å²) >= 11 is 7.47. The number of nitrogens with one attached hydrogen (secondary N) is 1. The summed E-state index contributed by atoms with van der Waals surface area (Å²) in [4.78, 5) is 41.8. The van der Waals surface area contributed by atoms with Crippen LogP contribution in [0.3, 0.4) is 0 Å². The van der Waals surface area contributed by atoms with Crippen molar-refractivity contribution in [2.75, 3.05) is 30.5 Å². The van der Waals surface area contributed by atoms with Crippen molar-refractivity contribution in [1.82, 2.24) is 0 Å². The van der Waals surface area contributed by atoms with Crippen molar-refractivity contribution in [1.29, 1.82) is 0 Å². The van der Waals surface area contributed by atoms with Crippen LogP contribution >= 0.6 is 23.4 Å². The summed E-state index contributed by atoms with van der Waals surface area (Å²) in [6.45, 7) is 1.66. The highest BCUT2D eigenvalue weighted by molar-refractivity contribution is 7.99. The Balaban J connectivity index is 1.72. The molecule has 1 heterocycles. The van der Waals surface area contributed by atoms with Crippen LogP contribution in [0.1, 0.15) is 27.6 Å². The van der Waals surface area contributed by atoms with E-state index in [1.165, 1.54) is 23.8 Å². The van der Waals surface area contributed by atoms with Crippen LogP contribution in [0.4, 0.5) is 11.4 Å². The van der Waals surface area contributed by atoms with Gasteiger partial charge in [0, 0.05) is 14.8 Å². The molecule has 0 spiro atoms. The van der Waals surface area contributed by atoms with Crippen molar-refractivity contribution in [2.24, 2.45) is 0 Å². The Bertz CT molecular complexity index is 1280. The fourth-order valence-corrected chi connectivity index (χ4v) is 4.76. The molecule has 0 saturated carbocycles. The highest BCUT2D eigenvalue weighted by atomic mass is 35.5. The summed E-state index contributed by atoms with van der Waals surface area (Å²) in [6, 6.07) is 17.0. The number of rotatable bonds is 6. The summed E-state index contributed by atoms with van der Waals surface area (Å²) in [7, 11) is 1.48. The van der Waals surface area contributed by atoms with E-state index < -0.39 is 11.9 Å². The normalized spacial score (nSPS) is 12.3. The average molecular weight is 497 g/mol. The van der Waals surface area contributed by atoms with Crippen LogP contribution in [0.25, 0.3) is 0 Å². The van der Waals surface area contributed by atoms with Crippen LogP contribution in [-0.4, -0.2) is 38.0 Å². The Morgan fingerprint density at radius 2 is 1.85 bits per heavy atom. The number of hydrogen-bond donors (Lipinski definition) is 1. The van der Waals surface area contributed by atoms with Gasteiger partial charge in [-0.1, -0.05) is 35.5 Å². The zero-order chi connectivity index (χ0) is 24.2. The Labute approximate surface area is 206 Å². The highest BCUT2D eigenvalue weighted by Crippen LogP contribution is 2.42. The molecular weight excluding hydrogens is 476 g/mol. The van der Waals surface area contributed by atoms with E-state index in [0.717, 1.165) is 9.79 Å². The van der Waals surface area contributed by atoms with Gasteiger partial charge < -0.3 is 14.8 Å². The molecule has 9 heteroatoms. The second kappa shape index (κ2) is 10.2. The first-order valence-corrected chi connectivity index (χ1v) is 11.6. The predicted molar refractivity (Wildman–Crippen MR) is 131 cm³/mol. The number of carbonyl (C=O) groups is 3. The number of nitrogens with zero attached hydrogens (tertiary/aromatic N) is 1. The molecule has 174 valence electrons. The molecule has 0 unspecified atom stereocenters. The molecule has 0 radical (unpaired) electrons. The van der Waals surface area contributed by atoms with E-state index >= 15 is 0 Å². The second-order valence-electron chi connectivity index (χ2n) is 7.29. The molecule has 1 aliphatic rings. The number of esters is 1. The Hall–Kier alpha value is -3.49. The summed E-state index contributed by atoms with van der Waals surface area (Å²) in [5, 5.41) is 3.19. The number of amides is 2. The Kier molecular flexibility index (Phi) is 7.09. The van der Waals surface area contributed by atoms with Gasteiger partial charge in [-0.25, -0.2) is 4.79 Å². The van der Waals surface area contributed by atoms with E-state index in [4.69, 9.17) is 21.1 Å². The van der Waals surface area contributed by atoms with Gasteiger partial charge in [-0.05, 0) is 55.5 Å². The number of carbonyl (C=O) groups excluding carboxylic acids is 3. The van der Waals surface area contributed by atoms with E-state index in [0.29, 0.717) is 33.3 Å². The van der Waals surface area contributed by atoms with Gasteiger partial charge in [-0.2, -0.15) is 0 Å². The maximum atomic E-state index is 13.5. The molecule has 1 aliphatic heterocycles. The molecule has 3 aromatic carbocycles. The predicted octanol–water partition coefficient (Wildman–Crippen LogP) is 5.28. The minimum absolute atomic E-state index is 0.225. The minimum atomic E-state index is -0.502. The molecule has 7 nitrogen and oxygen atoms in total. The molecule has 34 heavy (non-hydrogen) atoms. The first-order chi connectivity index (χ1) is 16.4. The SMILES string of the molecule is CCOC(=O)c1ccc2c(c1)N(CC(=O)Nc1cc(Cl)ccc1OC)C(=O)c1ccccc1S2. The van der Waals surface area contributed by atoms with Gasteiger partial charge in [0.05, 0.1) is 36.2 Å². The molecular formula is C25H21ClN2O5S. The molecule has 0 atom stereocenters. The fourth-order valence-electron chi connectivity index (χ4n) is 3.53. The Morgan fingerprint density at radius 1 is 1.06 bits per heavy atom. The van der Waals surface area contributed by atoms with Gasteiger partial charge in [-0.15, -0.1) is 0 Å². The molecule has 0 aliphatic carbocycles. The third-order valence-corrected chi connectivity index (χ3v) is 6.46. The number of halogens is 1. The zero-order valence-electron chi connectivity index (χ0n) is 18.5. The highest BCUT2D eigenvalue weighted by Gasteiger charge is 2.30. The number of methoxy groups -OCH3 is 1. The van der Waals surface area contributed by atoms with Gasteiger partial charge >= 0.3 is 5.97 Å². The number of hydrogen-bond acceptors (Lipinski definition) is 6. The molecule has 3 aromatic rings. The lowest BCUT2D eigenvalue weighted by molar-refractivity contribution is -0.114. The van der Waals surface area contributed by atoms with Crippen LogP contribution < -0.4 is 15.0 Å². The van der Waals surface area contributed by atoms with Crippen molar-refractivity contribution >= 4 is 52.5 Å². The van der Waals surface area contributed by atoms with Crippen LogP contribution in [-0.2, 0) is 9.53 Å². The average Bonchev–Trinajstić information content (AvgIpc) is 2.94. The van der Waals surface area contributed by atoms with Crippen molar-refractivity contribution in [3.05, 3.63) is 76.8 Å². The number of ether oxygens (including phenoxy) is 2. The summed E-state index contributed by atoms with van der Waals surface area (Å²) < 4.78 is 10.4. The van der Waals surface area contributed by atoms with Crippen molar-refractivity contribution < 1.29 is 23.9 Å². The maximum absolute atomic E-state index is 13.5. The Morgan fingerprint density at radius 3 is 2.62 bits per heavy atom. The van der Waals surface area contributed by atoms with Crippen molar-refractivity contribution in [3.63, 3.8) is 0 Å². The lowest BCUT2D eigenvalue weighted by Gasteiger charge is -2.23. The minimum Gasteiger partial charge on any atom is -0.495 e. The molecule has 0 aromatic heterocycles. The third-order valence-electron chi connectivity index (χ3n) is 5.08. The summed E-state index contributed by atoms with van der Waals surface area (Å²) in [5.41, 5.74) is 1.60. The third kappa shape index (κ3) is 4.88. The number of fused-ring (bicyclic) bond motifs is 2.